The zero-order chi connectivity index (χ0) is 20.4. The Morgan fingerprint density at radius 2 is 1.62 bits per heavy atom. The predicted octanol–water partition coefficient (Wildman–Crippen LogP) is 4.02. The average molecular weight is 408 g/mol. The third-order valence-corrected chi connectivity index (χ3v) is 4.70. The molecule has 0 bridgehead atoms. The zero-order valence-corrected chi connectivity index (χ0v) is 15.8. The summed E-state index contributed by atoms with van der Waals surface area (Å²) in [6, 6.07) is 19.4. The standard InChI is InChI=1S/C22H15ClFN3O2/c23-14-11-9-13(10-12-14)21(28)27-20-22(29)25-18-8-4-2-6-16(18)19(26-20)15-5-1-3-7-17(15)24/h1-12,20H,(H,25,29)(H,27,28). The minimum atomic E-state index is -1.24. The van der Waals surface area contributed by atoms with Crippen molar-refractivity contribution in [1.29, 1.82) is 0 Å². The van der Waals surface area contributed by atoms with Crippen molar-refractivity contribution in [1.82, 2.24) is 5.32 Å². The van der Waals surface area contributed by atoms with E-state index in [0.717, 1.165) is 0 Å². The third-order valence-electron chi connectivity index (χ3n) is 4.45. The van der Waals surface area contributed by atoms with Gasteiger partial charge in [0.15, 0.2) is 0 Å². The quantitative estimate of drug-likeness (QED) is 0.688. The molecule has 144 valence electrons. The molecule has 1 unspecified atom stereocenters. The number of aliphatic imine (C=N–C) groups is 1. The van der Waals surface area contributed by atoms with Gasteiger partial charge in [0, 0.05) is 21.7 Å². The van der Waals surface area contributed by atoms with Gasteiger partial charge in [0.25, 0.3) is 11.8 Å². The summed E-state index contributed by atoms with van der Waals surface area (Å²) in [6.45, 7) is 0. The minimum absolute atomic E-state index is 0.238. The number of amides is 2. The Morgan fingerprint density at radius 3 is 2.34 bits per heavy atom. The lowest BCUT2D eigenvalue weighted by atomic mass is 10.0. The number of anilines is 1. The molecule has 0 spiro atoms. The summed E-state index contributed by atoms with van der Waals surface area (Å²) in [5.74, 6) is -1.49. The van der Waals surface area contributed by atoms with Crippen LogP contribution in [0, 0.1) is 5.82 Å². The molecule has 1 aliphatic rings. The average Bonchev–Trinajstić information content (AvgIpc) is 2.85. The molecule has 0 aromatic heterocycles. The van der Waals surface area contributed by atoms with E-state index in [2.05, 4.69) is 15.6 Å². The number of nitrogens with zero attached hydrogens (tertiary/aromatic N) is 1. The molecule has 1 heterocycles. The maximum atomic E-state index is 14.5. The van der Waals surface area contributed by atoms with Crippen molar-refractivity contribution in [2.45, 2.75) is 6.17 Å². The summed E-state index contributed by atoms with van der Waals surface area (Å²) < 4.78 is 14.5. The summed E-state index contributed by atoms with van der Waals surface area (Å²) in [4.78, 5) is 29.7. The molecule has 1 aliphatic heterocycles. The van der Waals surface area contributed by atoms with Gasteiger partial charge in [-0.05, 0) is 42.5 Å². The normalized spacial score (nSPS) is 15.6. The van der Waals surface area contributed by atoms with Gasteiger partial charge in [0.1, 0.15) is 5.82 Å². The molecule has 0 fully saturated rings. The first-order valence-corrected chi connectivity index (χ1v) is 9.20. The van der Waals surface area contributed by atoms with E-state index in [-0.39, 0.29) is 11.3 Å². The zero-order valence-electron chi connectivity index (χ0n) is 15.0. The van der Waals surface area contributed by atoms with Gasteiger partial charge in [-0.25, -0.2) is 9.38 Å². The van der Waals surface area contributed by atoms with Crippen LogP contribution in [-0.4, -0.2) is 23.7 Å². The summed E-state index contributed by atoms with van der Waals surface area (Å²) in [5.41, 5.74) is 1.89. The van der Waals surface area contributed by atoms with Crippen LogP contribution in [0.4, 0.5) is 10.1 Å². The Bertz CT molecular complexity index is 1130. The SMILES string of the molecule is O=C(NC1N=C(c2ccccc2F)c2ccccc2NC1=O)c1ccc(Cl)cc1. The van der Waals surface area contributed by atoms with Gasteiger partial charge in [-0.15, -0.1) is 0 Å². The topological polar surface area (TPSA) is 70.6 Å². The van der Waals surface area contributed by atoms with Crippen molar-refractivity contribution in [3.63, 3.8) is 0 Å². The van der Waals surface area contributed by atoms with Crippen LogP contribution >= 0.6 is 11.6 Å². The smallest absolute Gasteiger partial charge is 0.269 e. The van der Waals surface area contributed by atoms with Gasteiger partial charge in [-0.2, -0.15) is 0 Å². The second-order valence-corrected chi connectivity index (χ2v) is 6.81. The van der Waals surface area contributed by atoms with Crippen LogP contribution in [0.5, 0.6) is 0 Å². The molecule has 0 saturated heterocycles. The van der Waals surface area contributed by atoms with Crippen molar-refractivity contribution in [2.75, 3.05) is 5.32 Å². The maximum absolute atomic E-state index is 14.5. The van der Waals surface area contributed by atoms with Gasteiger partial charge >= 0.3 is 0 Å². The van der Waals surface area contributed by atoms with Crippen LogP contribution in [0.3, 0.4) is 0 Å². The Hall–Kier alpha value is -3.51. The van der Waals surface area contributed by atoms with Crippen LogP contribution in [0.15, 0.2) is 77.8 Å². The van der Waals surface area contributed by atoms with E-state index < -0.39 is 23.8 Å². The number of hydrogen-bond acceptors (Lipinski definition) is 3. The van der Waals surface area contributed by atoms with E-state index >= 15 is 0 Å². The molecule has 1 atom stereocenters. The highest BCUT2D eigenvalue weighted by molar-refractivity contribution is 6.30. The summed E-state index contributed by atoms with van der Waals surface area (Å²) >= 11 is 5.85. The van der Waals surface area contributed by atoms with Gasteiger partial charge < -0.3 is 10.6 Å². The fraction of sp³-hybridized carbons (Fsp3) is 0.0455. The number of para-hydroxylation sites is 1. The van der Waals surface area contributed by atoms with Crippen LogP contribution in [-0.2, 0) is 4.79 Å². The van der Waals surface area contributed by atoms with Crippen LogP contribution in [0.25, 0.3) is 0 Å². The number of hydrogen-bond donors (Lipinski definition) is 2. The molecule has 2 N–H and O–H groups in total. The highest BCUT2D eigenvalue weighted by Crippen LogP contribution is 2.25. The second kappa shape index (κ2) is 7.85. The van der Waals surface area contributed by atoms with E-state index in [1.807, 2.05) is 0 Å². The van der Waals surface area contributed by atoms with Crippen LogP contribution in [0.1, 0.15) is 21.5 Å². The number of benzodiazepines with no additional fused rings is 1. The van der Waals surface area contributed by atoms with Crippen molar-refractivity contribution < 1.29 is 14.0 Å². The Morgan fingerprint density at radius 1 is 0.966 bits per heavy atom. The first-order valence-electron chi connectivity index (χ1n) is 8.82. The van der Waals surface area contributed by atoms with Crippen LogP contribution in [0.2, 0.25) is 5.02 Å². The molecule has 0 aliphatic carbocycles. The largest absolute Gasteiger partial charge is 0.322 e. The lowest BCUT2D eigenvalue weighted by molar-refractivity contribution is -0.117. The minimum Gasteiger partial charge on any atom is -0.322 e. The molecule has 29 heavy (non-hydrogen) atoms. The number of benzene rings is 3. The molecular formula is C22H15ClFN3O2. The third kappa shape index (κ3) is 3.88. The predicted molar refractivity (Wildman–Crippen MR) is 110 cm³/mol. The second-order valence-electron chi connectivity index (χ2n) is 6.38. The highest BCUT2D eigenvalue weighted by atomic mass is 35.5. The van der Waals surface area contributed by atoms with Crippen molar-refractivity contribution in [3.8, 4) is 0 Å². The van der Waals surface area contributed by atoms with E-state index in [1.54, 1.807) is 66.7 Å². The number of halogens is 2. The number of carbonyl (C=O) groups is 2. The first kappa shape index (κ1) is 18.8. The number of carbonyl (C=O) groups excluding carboxylic acids is 2. The molecule has 5 nitrogen and oxygen atoms in total. The summed E-state index contributed by atoms with van der Waals surface area (Å²) in [5, 5.41) is 5.83. The summed E-state index contributed by atoms with van der Waals surface area (Å²) in [6.07, 6.45) is -1.24. The molecule has 0 radical (unpaired) electrons. The molecule has 0 saturated carbocycles. The first-order chi connectivity index (χ1) is 14.0. The molecule has 3 aromatic rings. The van der Waals surface area contributed by atoms with Crippen molar-refractivity contribution in [2.24, 2.45) is 4.99 Å². The number of rotatable bonds is 3. The van der Waals surface area contributed by atoms with Gasteiger partial charge in [-0.1, -0.05) is 41.9 Å². The fourth-order valence-corrected chi connectivity index (χ4v) is 3.16. The van der Waals surface area contributed by atoms with Gasteiger partial charge in [-0.3, -0.25) is 9.59 Å². The lowest BCUT2D eigenvalue weighted by Gasteiger charge is -2.13. The van der Waals surface area contributed by atoms with Crippen molar-refractivity contribution in [3.05, 3.63) is 100 Å². The molecular weight excluding hydrogens is 393 g/mol. The molecule has 4 rings (SSSR count). The lowest BCUT2D eigenvalue weighted by Crippen LogP contribution is -2.42. The van der Waals surface area contributed by atoms with E-state index in [9.17, 15) is 14.0 Å². The maximum Gasteiger partial charge on any atom is 0.269 e. The highest BCUT2D eigenvalue weighted by Gasteiger charge is 2.28. The fourth-order valence-electron chi connectivity index (χ4n) is 3.03. The van der Waals surface area contributed by atoms with Crippen LogP contribution < -0.4 is 10.6 Å². The Kier molecular flexibility index (Phi) is 5.10. The summed E-state index contributed by atoms with van der Waals surface area (Å²) in [7, 11) is 0. The van der Waals surface area contributed by atoms with Gasteiger partial charge in [0.2, 0.25) is 6.17 Å². The molecule has 2 amide bonds. The Balaban J connectivity index is 1.76. The monoisotopic (exact) mass is 407 g/mol. The van der Waals surface area contributed by atoms with Crippen molar-refractivity contribution >= 4 is 34.8 Å². The van der Waals surface area contributed by atoms with E-state index in [0.29, 0.717) is 21.8 Å². The van der Waals surface area contributed by atoms with E-state index in [1.165, 1.54) is 6.07 Å². The Labute approximate surface area is 171 Å². The van der Waals surface area contributed by atoms with Gasteiger partial charge in [0.05, 0.1) is 11.4 Å². The number of fused-ring (bicyclic) bond motifs is 1. The molecule has 3 aromatic carbocycles. The molecule has 7 heteroatoms. The van der Waals surface area contributed by atoms with E-state index in [4.69, 9.17) is 11.6 Å². The number of nitrogens with one attached hydrogen (secondary N) is 2.